The zero-order valence-corrected chi connectivity index (χ0v) is 18.4. The van der Waals surface area contributed by atoms with Crippen molar-refractivity contribution in [3.8, 4) is 5.75 Å². The van der Waals surface area contributed by atoms with Crippen molar-refractivity contribution < 1.29 is 17.9 Å². The van der Waals surface area contributed by atoms with Crippen molar-refractivity contribution in [2.24, 2.45) is 5.92 Å². The van der Waals surface area contributed by atoms with Gasteiger partial charge in [0.2, 0.25) is 15.9 Å². The van der Waals surface area contributed by atoms with Gasteiger partial charge >= 0.3 is 0 Å². The number of nitrogens with zero attached hydrogens (tertiary/aromatic N) is 1. The van der Waals surface area contributed by atoms with Crippen LogP contribution < -0.4 is 10.1 Å². The predicted molar refractivity (Wildman–Crippen MR) is 112 cm³/mol. The SMILES string of the molecule is COc1ccc(S(=O)(=O)N2CCCC(C(=O)Nc3ccc(Br)cc3)C2)cc1Cl. The highest BCUT2D eigenvalue weighted by molar-refractivity contribution is 9.10. The van der Waals surface area contributed by atoms with Crippen molar-refractivity contribution in [2.75, 3.05) is 25.5 Å². The maximum Gasteiger partial charge on any atom is 0.243 e. The second-order valence-corrected chi connectivity index (χ2v) is 9.76. The molecule has 9 heteroatoms. The Balaban J connectivity index is 1.73. The quantitative estimate of drug-likeness (QED) is 0.687. The van der Waals surface area contributed by atoms with Crippen molar-refractivity contribution in [1.29, 1.82) is 0 Å². The van der Waals surface area contributed by atoms with E-state index in [1.54, 1.807) is 12.1 Å². The van der Waals surface area contributed by atoms with Crippen LogP contribution in [0.3, 0.4) is 0 Å². The Hall–Kier alpha value is -1.61. The van der Waals surface area contributed by atoms with E-state index in [9.17, 15) is 13.2 Å². The van der Waals surface area contributed by atoms with Crippen LogP contribution in [0.25, 0.3) is 0 Å². The monoisotopic (exact) mass is 486 g/mol. The van der Waals surface area contributed by atoms with Gasteiger partial charge in [0.05, 0.1) is 22.9 Å². The van der Waals surface area contributed by atoms with Crippen LogP contribution in [-0.2, 0) is 14.8 Å². The zero-order valence-electron chi connectivity index (χ0n) is 15.2. The van der Waals surface area contributed by atoms with Crippen LogP contribution in [0.5, 0.6) is 5.75 Å². The fraction of sp³-hybridized carbons (Fsp3) is 0.316. The largest absolute Gasteiger partial charge is 0.495 e. The van der Waals surface area contributed by atoms with Crippen LogP contribution in [0.4, 0.5) is 5.69 Å². The average Bonchev–Trinajstić information content (AvgIpc) is 2.69. The van der Waals surface area contributed by atoms with E-state index in [1.165, 1.54) is 29.6 Å². The zero-order chi connectivity index (χ0) is 20.3. The molecule has 1 atom stereocenters. The summed E-state index contributed by atoms with van der Waals surface area (Å²) in [6, 6.07) is 11.6. The second-order valence-electron chi connectivity index (χ2n) is 6.49. The molecule has 150 valence electrons. The molecular formula is C19H20BrClN2O4S. The van der Waals surface area contributed by atoms with E-state index in [0.717, 1.165) is 4.47 Å². The molecule has 1 heterocycles. The minimum absolute atomic E-state index is 0.0901. The van der Waals surface area contributed by atoms with Crippen LogP contribution in [-0.4, -0.2) is 38.8 Å². The van der Waals surface area contributed by atoms with E-state index < -0.39 is 15.9 Å². The molecule has 28 heavy (non-hydrogen) atoms. The number of sulfonamides is 1. The fourth-order valence-corrected chi connectivity index (χ4v) is 5.25. The molecule has 1 unspecified atom stereocenters. The van der Waals surface area contributed by atoms with Crippen LogP contribution in [0, 0.1) is 5.92 Å². The van der Waals surface area contributed by atoms with Gasteiger partial charge in [0.1, 0.15) is 5.75 Å². The minimum atomic E-state index is -3.75. The highest BCUT2D eigenvalue weighted by atomic mass is 79.9. The lowest BCUT2D eigenvalue weighted by Crippen LogP contribution is -2.43. The van der Waals surface area contributed by atoms with Crippen molar-refractivity contribution in [3.05, 3.63) is 52.0 Å². The van der Waals surface area contributed by atoms with Crippen molar-refractivity contribution >= 4 is 49.1 Å². The number of anilines is 1. The number of amides is 1. The Morgan fingerprint density at radius 2 is 1.96 bits per heavy atom. The second kappa shape index (κ2) is 8.82. The van der Waals surface area contributed by atoms with E-state index in [4.69, 9.17) is 16.3 Å². The molecule has 0 aromatic heterocycles. The molecule has 0 saturated carbocycles. The standard InChI is InChI=1S/C19H20BrClN2O4S/c1-27-18-9-8-16(11-17(18)21)28(25,26)23-10-2-3-13(12-23)19(24)22-15-6-4-14(20)5-7-15/h4-9,11,13H,2-3,10,12H2,1H3,(H,22,24). The molecule has 1 amide bonds. The van der Waals surface area contributed by atoms with Gasteiger partial charge in [-0.05, 0) is 55.3 Å². The highest BCUT2D eigenvalue weighted by Crippen LogP contribution is 2.30. The molecule has 0 spiro atoms. The molecule has 6 nitrogen and oxygen atoms in total. The Morgan fingerprint density at radius 3 is 2.61 bits per heavy atom. The number of hydrogen-bond donors (Lipinski definition) is 1. The predicted octanol–water partition coefficient (Wildman–Crippen LogP) is 4.15. The number of hydrogen-bond acceptors (Lipinski definition) is 4. The summed E-state index contributed by atoms with van der Waals surface area (Å²) in [7, 11) is -2.28. The first-order chi connectivity index (χ1) is 13.3. The molecule has 3 rings (SSSR count). The summed E-state index contributed by atoms with van der Waals surface area (Å²) in [5.74, 6) is -0.193. The van der Waals surface area contributed by atoms with Crippen molar-refractivity contribution in [3.63, 3.8) is 0 Å². The van der Waals surface area contributed by atoms with Crippen molar-refractivity contribution in [1.82, 2.24) is 4.31 Å². The summed E-state index contributed by atoms with van der Waals surface area (Å²) >= 11 is 9.43. The molecule has 1 aliphatic heterocycles. The van der Waals surface area contributed by atoms with Gasteiger partial charge in [-0.25, -0.2) is 8.42 Å². The fourth-order valence-electron chi connectivity index (χ4n) is 3.11. The maximum absolute atomic E-state index is 13.0. The molecule has 0 aliphatic carbocycles. The van der Waals surface area contributed by atoms with Crippen LogP contribution in [0.2, 0.25) is 5.02 Å². The van der Waals surface area contributed by atoms with E-state index >= 15 is 0 Å². The van der Waals surface area contributed by atoms with E-state index in [2.05, 4.69) is 21.2 Å². The molecule has 1 fully saturated rings. The van der Waals surface area contributed by atoms with Gasteiger partial charge in [-0.15, -0.1) is 0 Å². The highest BCUT2D eigenvalue weighted by Gasteiger charge is 2.33. The third kappa shape index (κ3) is 4.68. The van der Waals surface area contributed by atoms with Gasteiger partial charge < -0.3 is 10.1 Å². The minimum Gasteiger partial charge on any atom is -0.495 e. The van der Waals surface area contributed by atoms with Crippen molar-refractivity contribution in [2.45, 2.75) is 17.7 Å². The van der Waals surface area contributed by atoms with Crippen LogP contribution in [0.15, 0.2) is 51.8 Å². The Kier molecular flexibility index (Phi) is 6.65. The number of piperidine rings is 1. The molecule has 2 aromatic rings. The lowest BCUT2D eigenvalue weighted by atomic mass is 9.99. The van der Waals surface area contributed by atoms with Gasteiger partial charge in [-0.3, -0.25) is 4.79 Å². The molecule has 0 bridgehead atoms. The lowest BCUT2D eigenvalue weighted by Gasteiger charge is -2.31. The molecule has 1 aliphatic rings. The molecule has 0 radical (unpaired) electrons. The Morgan fingerprint density at radius 1 is 1.25 bits per heavy atom. The van der Waals surface area contributed by atoms with Gasteiger partial charge in [-0.1, -0.05) is 27.5 Å². The number of carbonyl (C=O) groups is 1. The average molecular weight is 488 g/mol. The molecule has 2 aromatic carbocycles. The Labute approximate surface area is 178 Å². The summed E-state index contributed by atoms with van der Waals surface area (Å²) in [6.07, 6.45) is 1.25. The first-order valence-corrected chi connectivity index (χ1v) is 11.3. The lowest BCUT2D eigenvalue weighted by molar-refractivity contribution is -0.120. The normalized spacial score (nSPS) is 17.9. The van der Waals surface area contributed by atoms with Gasteiger partial charge in [0, 0.05) is 23.2 Å². The summed E-state index contributed by atoms with van der Waals surface area (Å²) in [4.78, 5) is 12.7. The number of benzene rings is 2. The summed E-state index contributed by atoms with van der Waals surface area (Å²) in [6.45, 7) is 0.502. The van der Waals surface area contributed by atoms with Gasteiger partial charge in [-0.2, -0.15) is 4.31 Å². The van der Waals surface area contributed by atoms with E-state index in [0.29, 0.717) is 30.8 Å². The summed E-state index contributed by atoms with van der Waals surface area (Å²) in [5.41, 5.74) is 0.676. The van der Waals surface area contributed by atoms with Gasteiger partial charge in [0.25, 0.3) is 0 Å². The molecule has 1 saturated heterocycles. The Bertz CT molecular complexity index is 966. The number of carbonyl (C=O) groups excluding carboxylic acids is 1. The van der Waals surface area contributed by atoms with Gasteiger partial charge in [0.15, 0.2) is 0 Å². The van der Waals surface area contributed by atoms with Crippen LogP contribution in [0.1, 0.15) is 12.8 Å². The summed E-state index contributed by atoms with van der Waals surface area (Å²) < 4.78 is 33.3. The summed E-state index contributed by atoms with van der Waals surface area (Å²) in [5, 5.41) is 3.08. The smallest absolute Gasteiger partial charge is 0.243 e. The first-order valence-electron chi connectivity index (χ1n) is 8.71. The number of halogens is 2. The number of methoxy groups -OCH3 is 1. The third-order valence-corrected chi connectivity index (χ3v) is 7.31. The van der Waals surface area contributed by atoms with E-state index in [-0.39, 0.29) is 22.4 Å². The third-order valence-electron chi connectivity index (χ3n) is 4.63. The van der Waals surface area contributed by atoms with E-state index in [1.807, 2.05) is 12.1 Å². The first kappa shape index (κ1) is 21.1. The topological polar surface area (TPSA) is 75.7 Å². The molecular weight excluding hydrogens is 468 g/mol. The maximum atomic E-state index is 13.0. The number of ether oxygens (including phenoxy) is 1. The molecule has 1 N–H and O–H groups in total. The number of nitrogens with one attached hydrogen (secondary N) is 1. The number of rotatable bonds is 5. The van der Waals surface area contributed by atoms with Crippen LogP contribution >= 0.6 is 27.5 Å².